The molecule has 0 amide bonds. The van der Waals surface area contributed by atoms with Crippen LogP contribution in [0.2, 0.25) is 0 Å². The molecule has 1 aliphatic rings. The molecule has 64 valence electrons. The van der Waals surface area contributed by atoms with E-state index in [0.717, 1.165) is 25.9 Å². The summed E-state index contributed by atoms with van der Waals surface area (Å²) in [4.78, 5) is 10.5. The fraction of sp³-hybridized carbons (Fsp3) is 0.875. The van der Waals surface area contributed by atoms with Crippen LogP contribution in [-0.2, 0) is 9.53 Å². The van der Waals surface area contributed by atoms with Crippen molar-refractivity contribution in [3.63, 3.8) is 0 Å². The van der Waals surface area contributed by atoms with E-state index in [-0.39, 0.29) is 12.0 Å². The van der Waals surface area contributed by atoms with Crippen LogP contribution in [0, 0.1) is 5.92 Å². The molecular formula is C8H14O3. The molecule has 0 aromatic heterocycles. The van der Waals surface area contributed by atoms with E-state index in [2.05, 4.69) is 0 Å². The fourth-order valence-corrected chi connectivity index (χ4v) is 1.32. The van der Waals surface area contributed by atoms with Crippen LogP contribution in [0.5, 0.6) is 0 Å². The number of hydrogen-bond acceptors (Lipinski definition) is 2. The lowest BCUT2D eigenvalue weighted by Gasteiger charge is -2.25. The number of carboxylic acids is 1. The average molecular weight is 158 g/mol. The highest BCUT2D eigenvalue weighted by atomic mass is 16.5. The molecule has 0 saturated carbocycles. The van der Waals surface area contributed by atoms with Crippen molar-refractivity contribution in [2.75, 3.05) is 6.61 Å². The first-order chi connectivity index (χ1) is 5.22. The molecule has 1 aliphatic heterocycles. The summed E-state index contributed by atoms with van der Waals surface area (Å²) in [6, 6.07) is 0. The molecule has 1 rings (SSSR count). The molecule has 2 atom stereocenters. The Bertz CT molecular complexity index is 138. The Morgan fingerprint density at radius 2 is 2.36 bits per heavy atom. The lowest BCUT2D eigenvalue weighted by atomic mass is 9.98. The molecule has 0 bridgehead atoms. The highest BCUT2D eigenvalue weighted by Crippen LogP contribution is 2.19. The summed E-state index contributed by atoms with van der Waals surface area (Å²) >= 11 is 0. The van der Waals surface area contributed by atoms with Crippen molar-refractivity contribution in [1.29, 1.82) is 0 Å². The number of ether oxygens (including phenoxy) is 1. The molecule has 11 heavy (non-hydrogen) atoms. The van der Waals surface area contributed by atoms with Crippen molar-refractivity contribution < 1.29 is 14.6 Å². The standard InChI is InChI=1S/C8H14O3/c1-6(8(9)10)7-4-2-3-5-11-7/h6-7H,2-5H2,1H3,(H,9,10)/t6?,7-/m0/s1. The molecule has 1 unspecified atom stereocenters. The third kappa shape index (κ3) is 2.19. The Labute approximate surface area is 66.4 Å². The summed E-state index contributed by atoms with van der Waals surface area (Å²) in [5.41, 5.74) is 0. The molecule has 0 aromatic rings. The van der Waals surface area contributed by atoms with E-state index in [0.29, 0.717) is 0 Å². The summed E-state index contributed by atoms with van der Waals surface area (Å²) in [5, 5.41) is 8.65. The van der Waals surface area contributed by atoms with Gasteiger partial charge in [0.15, 0.2) is 0 Å². The van der Waals surface area contributed by atoms with Crippen molar-refractivity contribution in [3.05, 3.63) is 0 Å². The Morgan fingerprint density at radius 1 is 1.64 bits per heavy atom. The molecule has 1 saturated heterocycles. The number of carboxylic acid groups (broad SMARTS) is 1. The first kappa shape index (κ1) is 8.53. The molecule has 0 radical (unpaired) electrons. The van der Waals surface area contributed by atoms with Gasteiger partial charge in [0.25, 0.3) is 0 Å². The van der Waals surface area contributed by atoms with Crippen LogP contribution >= 0.6 is 0 Å². The van der Waals surface area contributed by atoms with Gasteiger partial charge in [-0.1, -0.05) is 0 Å². The quantitative estimate of drug-likeness (QED) is 0.658. The Morgan fingerprint density at radius 3 is 2.82 bits per heavy atom. The van der Waals surface area contributed by atoms with Crippen LogP contribution in [-0.4, -0.2) is 23.8 Å². The third-order valence-corrected chi connectivity index (χ3v) is 2.16. The SMILES string of the molecule is CC(C(=O)O)[C@@H]1CCCCO1. The predicted octanol–water partition coefficient (Wildman–Crippen LogP) is 1.28. The van der Waals surface area contributed by atoms with Gasteiger partial charge in [-0.2, -0.15) is 0 Å². The second-order valence-electron chi connectivity index (χ2n) is 3.03. The number of rotatable bonds is 2. The van der Waals surface area contributed by atoms with E-state index in [4.69, 9.17) is 9.84 Å². The second-order valence-corrected chi connectivity index (χ2v) is 3.03. The van der Waals surface area contributed by atoms with E-state index in [1.165, 1.54) is 0 Å². The van der Waals surface area contributed by atoms with Crippen molar-refractivity contribution in [3.8, 4) is 0 Å². The van der Waals surface area contributed by atoms with Crippen LogP contribution in [0.3, 0.4) is 0 Å². The number of aliphatic carboxylic acids is 1. The average Bonchev–Trinajstić information content (AvgIpc) is 2.05. The van der Waals surface area contributed by atoms with Gasteiger partial charge in [-0.3, -0.25) is 4.79 Å². The number of carbonyl (C=O) groups is 1. The minimum Gasteiger partial charge on any atom is -0.481 e. The minimum atomic E-state index is -0.753. The van der Waals surface area contributed by atoms with Gasteiger partial charge in [-0.15, -0.1) is 0 Å². The van der Waals surface area contributed by atoms with Gasteiger partial charge < -0.3 is 9.84 Å². The van der Waals surface area contributed by atoms with Crippen LogP contribution < -0.4 is 0 Å². The number of hydrogen-bond donors (Lipinski definition) is 1. The van der Waals surface area contributed by atoms with Crippen LogP contribution in [0.1, 0.15) is 26.2 Å². The van der Waals surface area contributed by atoms with Crippen LogP contribution in [0.25, 0.3) is 0 Å². The maximum absolute atomic E-state index is 10.5. The first-order valence-electron chi connectivity index (χ1n) is 4.06. The monoisotopic (exact) mass is 158 g/mol. The highest BCUT2D eigenvalue weighted by Gasteiger charge is 2.25. The van der Waals surface area contributed by atoms with Crippen LogP contribution in [0.4, 0.5) is 0 Å². The van der Waals surface area contributed by atoms with Gasteiger partial charge in [-0.05, 0) is 26.2 Å². The maximum atomic E-state index is 10.5. The van der Waals surface area contributed by atoms with E-state index >= 15 is 0 Å². The largest absolute Gasteiger partial charge is 0.481 e. The van der Waals surface area contributed by atoms with Crippen molar-refractivity contribution in [2.45, 2.75) is 32.3 Å². The molecule has 0 spiro atoms. The van der Waals surface area contributed by atoms with Crippen molar-refractivity contribution >= 4 is 5.97 Å². The Kier molecular flexibility index (Phi) is 2.88. The third-order valence-electron chi connectivity index (χ3n) is 2.16. The summed E-state index contributed by atoms with van der Waals surface area (Å²) < 4.78 is 5.32. The van der Waals surface area contributed by atoms with E-state index in [1.807, 2.05) is 0 Å². The lowest BCUT2D eigenvalue weighted by molar-refractivity contribution is -0.148. The normalized spacial score (nSPS) is 27.9. The lowest BCUT2D eigenvalue weighted by Crippen LogP contribution is -2.31. The molecule has 3 nitrogen and oxygen atoms in total. The molecule has 1 N–H and O–H groups in total. The first-order valence-corrected chi connectivity index (χ1v) is 4.06. The molecule has 1 fully saturated rings. The van der Waals surface area contributed by atoms with Gasteiger partial charge in [0.1, 0.15) is 0 Å². The van der Waals surface area contributed by atoms with Gasteiger partial charge in [0.05, 0.1) is 12.0 Å². The summed E-state index contributed by atoms with van der Waals surface area (Å²) in [6.07, 6.45) is 3.01. The summed E-state index contributed by atoms with van der Waals surface area (Å²) in [5.74, 6) is -1.10. The molecular weight excluding hydrogens is 144 g/mol. The van der Waals surface area contributed by atoms with E-state index < -0.39 is 5.97 Å². The summed E-state index contributed by atoms with van der Waals surface area (Å²) in [6.45, 7) is 2.43. The highest BCUT2D eigenvalue weighted by molar-refractivity contribution is 5.70. The van der Waals surface area contributed by atoms with E-state index in [1.54, 1.807) is 6.92 Å². The Hall–Kier alpha value is -0.570. The van der Waals surface area contributed by atoms with Gasteiger partial charge in [0, 0.05) is 6.61 Å². The molecule has 1 heterocycles. The minimum absolute atomic E-state index is 0.0544. The maximum Gasteiger partial charge on any atom is 0.308 e. The second kappa shape index (κ2) is 3.72. The zero-order chi connectivity index (χ0) is 8.27. The van der Waals surface area contributed by atoms with Gasteiger partial charge in [0.2, 0.25) is 0 Å². The van der Waals surface area contributed by atoms with Gasteiger partial charge in [-0.25, -0.2) is 0 Å². The fourth-order valence-electron chi connectivity index (χ4n) is 1.32. The van der Waals surface area contributed by atoms with Crippen molar-refractivity contribution in [1.82, 2.24) is 0 Å². The molecule has 0 aromatic carbocycles. The zero-order valence-electron chi connectivity index (χ0n) is 6.75. The van der Waals surface area contributed by atoms with Crippen LogP contribution in [0.15, 0.2) is 0 Å². The zero-order valence-corrected chi connectivity index (χ0v) is 6.75. The topological polar surface area (TPSA) is 46.5 Å². The smallest absolute Gasteiger partial charge is 0.308 e. The van der Waals surface area contributed by atoms with E-state index in [9.17, 15) is 4.79 Å². The molecule has 0 aliphatic carbocycles. The predicted molar refractivity (Wildman–Crippen MR) is 40.4 cm³/mol. The Balaban J connectivity index is 2.38. The molecule has 3 heteroatoms. The summed E-state index contributed by atoms with van der Waals surface area (Å²) in [7, 11) is 0. The van der Waals surface area contributed by atoms with Gasteiger partial charge >= 0.3 is 5.97 Å². The van der Waals surface area contributed by atoms with Crippen molar-refractivity contribution in [2.24, 2.45) is 5.92 Å².